The van der Waals surface area contributed by atoms with Gasteiger partial charge >= 0.3 is 0 Å². The second-order valence-corrected chi connectivity index (χ2v) is 5.69. The molecule has 0 atom stereocenters. The predicted octanol–water partition coefficient (Wildman–Crippen LogP) is 3.22. The van der Waals surface area contributed by atoms with Crippen molar-refractivity contribution in [3.8, 4) is 5.75 Å². The summed E-state index contributed by atoms with van der Waals surface area (Å²) < 4.78 is 27.6. The van der Waals surface area contributed by atoms with Gasteiger partial charge in [-0.2, -0.15) is 0 Å². The number of phenolic OH excluding ortho intramolecular Hbond substituents is 1. The van der Waals surface area contributed by atoms with E-state index in [1.165, 1.54) is 0 Å². The Morgan fingerprint density at radius 1 is 1.24 bits per heavy atom. The molecule has 0 spiro atoms. The quantitative estimate of drug-likeness (QED) is 0.896. The van der Waals surface area contributed by atoms with Gasteiger partial charge in [-0.25, -0.2) is 8.78 Å². The molecule has 130 valence electrons. The minimum absolute atomic E-state index is 0.0377. The number of aromatic hydroxyl groups is 1. The molecule has 0 aromatic heterocycles. The number of anilines is 2. The SMILES string of the molecule is CCN1C(=O)CCc2cc(NC(=O)c3c(F)ccc(O)c3F)ccc21. The second-order valence-electron chi connectivity index (χ2n) is 5.69. The first-order chi connectivity index (χ1) is 11.9. The van der Waals surface area contributed by atoms with Gasteiger partial charge in [0.05, 0.1) is 0 Å². The molecule has 2 aromatic carbocycles. The Balaban J connectivity index is 1.89. The zero-order valence-electron chi connectivity index (χ0n) is 13.5. The van der Waals surface area contributed by atoms with Gasteiger partial charge in [-0.3, -0.25) is 9.59 Å². The molecule has 0 aliphatic carbocycles. The zero-order valence-corrected chi connectivity index (χ0v) is 13.5. The van der Waals surface area contributed by atoms with E-state index in [0.29, 0.717) is 25.1 Å². The van der Waals surface area contributed by atoms with Crippen molar-refractivity contribution >= 4 is 23.2 Å². The monoisotopic (exact) mass is 346 g/mol. The van der Waals surface area contributed by atoms with E-state index in [1.54, 1.807) is 23.1 Å². The Morgan fingerprint density at radius 2 is 2.00 bits per heavy atom. The number of phenols is 1. The van der Waals surface area contributed by atoms with Crippen molar-refractivity contribution in [1.29, 1.82) is 0 Å². The number of carbonyl (C=O) groups excluding carboxylic acids is 2. The minimum atomic E-state index is -1.31. The lowest BCUT2D eigenvalue weighted by Crippen LogP contribution is -2.34. The molecule has 0 saturated carbocycles. The molecule has 2 aromatic rings. The number of hydrogen-bond donors (Lipinski definition) is 2. The number of amides is 2. The summed E-state index contributed by atoms with van der Waals surface area (Å²) in [6.07, 6.45) is 0.900. The molecule has 1 aliphatic rings. The number of rotatable bonds is 3. The van der Waals surface area contributed by atoms with Crippen LogP contribution in [0.2, 0.25) is 0 Å². The molecule has 0 fully saturated rings. The lowest BCUT2D eigenvalue weighted by molar-refractivity contribution is -0.118. The van der Waals surface area contributed by atoms with E-state index < -0.39 is 28.9 Å². The molecule has 1 heterocycles. The molecule has 2 N–H and O–H groups in total. The van der Waals surface area contributed by atoms with Gasteiger partial charge in [-0.05, 0) is 49.2 Å². The van der Waals surface area contributed by atoms with Gasteiger partial charge in [0.2, 0.25) is 5.91 Å². The molecular formula is C18H16F2N2O3. The first-order valence-corrected chi connectivity index (χ1v) is 7.84. The van der Waals surface area contributed by atoms with Gasteiger partial charge in [-0.1, -0.05) is 0 Å². The Hall–Kier alpha value is -2.96. The number of halogens is 2. The van der Waals surface area contributed by atoms with Crippen molar-refractivity contribution in [2.45, 2.75) is 19.8 Å². The zero-order chi connectivity index (χ0) is 18.1. The highest BCUT2D eigenvalue weighted by atomic mass is 19.1. The molecular weight excluding hydrogens is 330 g/mol. The van der Waals surface area contributed by atoms with E-state index in [4.69, 9.17) is 0 Å². The van der Waals surface area contributed by atoms with Crippen LogP contribution < -0.4 is 10.2 Å². The lowest BCUT2D eigenvalue weighted by atomic mass is 10.0. The summed E-state index contributed by atoms with van der Waals surface area (Å²) in [5, 5.41) is 11.7. The third-order valence-corrected chi connectivity index (χ3v) is 4.15. The molecule has 5 nitrogen and oxygen atoms in total. The molecule has 0 radical (unpaired) electrons. The predicted molar refractivity (Wildman–Crippen MR) is 88.8 cm³/mol. The van der Waals surface area contributed by atoms with E-state index in [-0.39, 0.29) is 5.91 Å². The Morgan fingerprint density at radius 3 is 2.72 bits per heavy atom. The van der Waals surface area contributed by atoms with Crippen molar-refractivity contribution < 1.29 is 23.5 Å². The van der Waals surface area contributed by atoms with Gasteiger partial charge in [0.25, 0.3) is 5.91 Å². The van der Waals surface area contributed by atoms with Crippen molar-refractivity contribution in [3.63, 3.8) is 0 Å². The van der Waals surface area contributed by atoms with Crippen LogP contribution in [0.25, 0.3) is 0 Å². The van der Waals surface area contributed by atoms with E-state index in [2.05, 4.69) is 5.32 Å². The molecule has 2 amide bonds. The normalized spacial score (nSPS) is 13.6. The van der Waals surface area contributed by atoms with Crippen LogP contribution >= 0.6 is 0 Å². The maximum Gasteiger partial charge on any atom is 0.261 e. The molecule has 0 unspecified atom stereocenters. The highest BCUT2D eigenvalue weighted by Gasteiger charge is 2.24. The molecule has 0 bridgehead atoms. The van der Waals surface area contributed by atoms with Gasteiger partial charge in [-0.15, -0.1) is 0 Å². The molecule has 3 rings (SSSR count). The van der Waals surface area contributed by atoms with Gasteiger partial charge in [0.15, 0.2) is 11.6 Å². The fraction of sp³-hybridized carbons (Fsp3) is 0.222. The van der Waals surface area contributed by atoms with Crippen molar-refractivity contribution in [3.05, 3.63) is 53.1 Å². The summed E-state index contributed by atoms with van der Waals surface area (Å²) in [6, 6.07) is 6.61. The van der Waals surface area contributed by atoms with Gasteiger partial charge in [0.1, 0.15) is 11.4 Å². The summed E-state index contributed by atoms with van der Waals surface area (Å²) in [4.78, 5) is 25.7. The average Bonchev–Trinajstić information content (AvgIpc) is 2.58. The summed E-state index contributed by atoms with van der Waals surface area (Å²) in [5.41, 5.74) is 1.15. The topological polar surface area (TPSA) is 69.6 Å². The van der Waals surface area contributed by atoms with E-state index in [0.717, 1.165) is 23.4 Å². The number of benzene rings is 2. The number of fused-ring (bicyclic) bond motifs is 1. The van der Waals surface area contributed by atoms with Crippen molar-refractivity contribution in [1.82, 2.24) is 0 Å². The van der Waals surface area contributed by atoms with Crippen molar-refractivity contribution in [2.24, 2.45) is 0 Å². The summed E-state index contributed by atoms with van der Waals surface area (Å²) >= 11 is 0. The Bertz CT molecular complexity index is 868. The van der Waals surface area contributed by atoms with Crippen LogP contribution in [0, 0.1) is 11.6 Å². The maximum atomic E-state index is 13.8. The second kappa shape index (κ2) is 6.51. The largest absolute Gasteiger partial charge is 0.505 e. The van der Waals surface area contributed by atoms with E-state index in [1.807, 2.05) is 6.92 Å². The molecule has 0 saturated heterocycles. The number of nitrogens with one attached hydrogen (secondary N) is 1. The molecule has 25 heavy (non-hydrogen) atoms. The standard InChI is InChI=1S/C18H16F2N2O3/c1-2-22-13-6-4-11(9-10(13)3-8-15(22)24)21-18(25)16-12(19)5-7-14(23)17(16)20/h4-7,9,23H,2-3,8H2,1H3,(H,21,25). The first kappa shape index (κ1) is 16.9. The summed E-state index contributed by atoms with van der Waals surface area (Å²) in [6.45, 7) is 2.41. The molecule has 7 heteroatoms. The average molecular weight is 346 g/mol. The highest BCUT2D eigenvalue weighted by Crippen LogP contribution is 2.30. The third-order valence-electron chi connectivity index (χ3n) is 4.15. The van der Waals surface area contributed by atoms with Crippen LogP contribution in [0.3, 0.4) is 0 Å². The van der Waals surface area contributed by atoms with E-state index >= 15 is 0 Å². The summed E-state index contributed by atoms with van der Waals surface area (Å²) in [5.74, 6) is -4.12. The van der Waals surface area contributed by atoms with Crippen molar-refractivity contribution in [2.75, 3.05) is 16.8 Å². The Labute approximate surface area is 142 Å². The number of aryl methyl sites for hydroxylation is 1. The number of carbonyl (C=O) groups is 2. The van der Waals surface area contributed by atoms with Crippen LogP contribution in [0.5, 0.6) is 5.75 Å². The maximum absolute atomic E-state index is 13.8. The fourth-order valence-corrected chi connectivity index (χ4v) is 2.93. The third kappa shape index (κ3) is 3.05. The smallest absolute Gasteiger partial charge is 0.261 e. The van der Waals surface area contributed by atoms with Crippen LogP contribution in [-0.4, -0.2) is 23.5 Å². The number of nitrogens with zero attached hydrogens (tertiary/aromatic N) is 1. The van der Waals surface area contributed by atoms with Crippen LogP contribution in [0.15, 0.2) is 30.3 Å². The van der Waals surface area contributed by atoms with Crippen LogP contribution in [0.4, 0.5) is 20.2 Å². The van der Waals surface area contributed by atoms with Crippen LogP contribution in [0.1, 0.15) is 29.3 Å². The number of hydrogen-bond acceptors (Lipinski definition) is 3. The highest BCUT2D eigenvalue weighted by molar-refractivity contribution is 6.05. The van der Waals surface area contributed by atoms with E-state index in [9.17, 15) is 23.5 Å². The summed E-state index contributed by atoms with van der Waals surface area (Å²) in [7, 11) is 0. The van der Waals surface area contributed by atoms with Gasteiger partial charge in [0, 0.05) is 24.3 Å². The first-order valence-electron chi connectivity index (χ1n) is 7.84. The van der Waals surface area contributed by atoms with Crippen LogP contribution in [-0.2, 0) is 11.2 Å². The molecule has 1 aliphatic heterocycles. The minimum Gasteiger partial charge on any atom is -0.505 e. The lowest BCUT2D eigenvalue weighted by Gasteiger charge is -2.28. The van der Waals surface area contributed by atoms with Gasteiger partial charge < -0.3 is 15.3 Å². The Kier molecular flexibility index (Phi) is 4.39. The fourth-order valence-electron chi connectivity index (χ4n) is 2.93.